The summed E-state index contributed by atoms with van der Waals surface area (Å²) < 4.78 is 161. The van der Waals surface area contributed by atoms with Gasteiger partial charge in [-0.3, -0.25) is 4.74 Å². The molecule has 22 heteroatoms. The maximum atomic E-state index is 13.5. The van der Waals surface area contributed by atoms with Gasteiger partial charge >= 0.3 is 48.1 Å². The molecule has 0 fully saturated rings. The molecule has 321 valence electrons. The fourth-order valence-corrected chi connectivity index (χ4v) is 15.1. The Morgan fingerprint density at radius 1 is 0.615 bits per heavy atom. The van der Waals surface area contributed by atoms with E-state index >= 15 is 0 Å². The zero-order valence-electron chi connectivity index (χ0n) is 25.5. The van der Waals surface area contributed by atoms with Gasteiger partial charge in [0.05, 0.1) is 0 Å². The minimum Gasteiger partial charge on any atom is -0.433 e. The minimum atomic E-state index is -7.05. The zero-order valence-corrected chi connectivity index (χ0v) is 42.3. The predicted octanol–water partition coefficient (Wildman–Crippen LogP) is 14.3. The Labute approximate surface area is 304 Å². The van der Waals surface area contributed by atoms with Crippen LogP contribution in [0, 0.1) is 0 Å². The molecule has 52 heavy (non-hydrogen) atoms. The maximum absolute atomic E-state index is 13.5. The molecule has 0 aromatic heterocycles. The monoisotopic (exact) mass is 1370 g/mol. The fraction of sp³-hybridized carbons (Fsp3) is 0.867. The molecule has 0 heterocycles. The Morgan fingerprint density at radius 2 is 0.981 bits per heavy atom. The van der Waals surface area contributed by atoms with Gasteiger partial charge in [0, 0.05) is 6.61 Å². The molecule has 0 saturated carbocycles. The predicted molar refractivity (Wildman–Crippen MR) is 201 cm³/mol. The van der Waals surface area contributed by atoms with Gasteiger partial charge in [0.1, 0.15) is 6.61 Å². The van der Waals surface area contributed by atoms with Crippen molar-refractivity contribution in [2.24, 2.45) is 0 Å². The first-order valence-electron chi connectivity index (χ1n) is 12.0. The summed E-state index contributed by atoms with van der Waals surface area (Å²) >= 11 is 0. The molecule has 0 rings (SSSR count). The molecule has 0 aromatic carbocycles. The molecule has 0 spiro atoms. The maximum Gasteiger partial charge on any atom is 0.462 e. The Kier molecular flexibility index (Phi) is 51.7. The van der Waals surface area contributed by atoms with E-state index in [0.29, 0.717) is 6.42 Å². The molecule has 0 amide bonds. The Morgan fingerprint density at radius 3 is 1.27 bits per heavy atom. The van der Waals surface area contributed by atoms with E-state index in [1.807, 2.05) is 17.9 Å². The van der Waals surface area contributed by atoms with E-state index in [1.165, 1.54) is 6.92 Å². The number of unbranched alkanes of at least 4 members (excludes halogenated alkanes) is 1. The molecule has 5 nitrogen and oxygen atoms in total. The van der Waals surface area contributed by atoms with Crippen LogP contribution in [0.1, 0.15) is 86.6 Å². The number of halogens is 11. The van der Waals surface area contributed by atoms with Gasteiger partial charge in [-0.25, -0.2) is 0 Å². The summed E-state index contributed by atoms with van der Waals surface area (Å²) in [5.74, 6) is -12.6. The summed E-state index contributed by atoms with van der Waals surface area (Å²) in [7, 11) is -6.98. The zero-order chi connectivity index (χ0) is 33.4. The van der Waals surface area contributed by atoms with Crippen molar-refractivity contribution < 1.29 is 70.1 Å². The number of rotatable bonds is 16. The van der Waals surface area contributed by atoms with Crippen molar-refractivity contribution in [1.29, 1.82) is 0 Å². The van der Waals surface area contributed by atoms with Crippen molar-refractivity contribution in [3.8, 4) is 0 Å². The molecule has 0 bridgehead atoms. The van der Waals surface area contributed by atoms with Gasteiger partial charge in [-0.2, -0.15) is 48.3 Å². The largest absolute Gasteiger partial charge is 0.462 e. The van der Waals surface area contributed by atoms with Gasteiger partial charge in [0.25, 0.3) is 0 Å². The summed E-state index contributed by atoms with van der Waals surface area (Å²) in [4.78, 5) is 0. The summed E-state index contributed by atoms with van der Waals surface area (Å²) in [5, 5.41) is 0. The Bertz CT molecular complexity index is 844. The number of hydrogen-bond acceptors (Lipinski definition) is 5. The molecule has 1 unspecified atom stereocenters. The van der Waals surface area contributed by atoms with Gasteiger partial charge in [-0.1, -0.05) is 91.6 Å². The molecule has 0 aliphatic heterocycles. The average Bonchev–Trinajstić information content (AvgIpc) is 2.73. The second-order valence-electron chi connectivity index (χ2n) is 10.1. The first kappa shape index (κ1) is 87.3. The van der Waals surface area contributed by atoms with E-state index in [9.17, 15) is 48.3 Å². The van der Waals surface area contributed by atoms with Crippen molar-refractivity contribution in [2.45, 2.75) is 163 Å². The summed E-state index contributed by atoms with van der Waals surface area (Å²) in [6.07, 6.45) is -19.7. The van der Waals surface area contributed by atoms with Crippen LogP contribution in [0.2, 0.25) is 45.8 Å². The molecule has 0 saturated heterocycles. The van der Waals surface area contributed by atoms with Crippen LogP contribution in [-0.2, 0) is 21.8 Å². The topological polar surface area (TPSA) is 46.2 Å². The normalized spacial score (nSPS) is 12.4. The first-order valence-corrected chi connectivity index (χ1v) is 22.6. The third-order valence-corrected chi connectivity index (χ3v) is 17.1. The van der Waals surface area contributed by atoms with E-state index in [1.54, 1.807) is 0 Å². The van der Waals surface area contributed by atoms with Crippen LogP contribution in [-0.4, -0.2) is 77.9 Å². The van der Waals surface area contributed by atoms with Crippen LogP contribution >= 0.6 is 0 Å². The van der Waals surface area contributed by atoms with Gasteiger partial charge in [-0.05, 0) is 52.2 Å². The molecule has 0 aliphatic rings. The second-order valence-corrected chi connectivity index (χ2v) is 23.6. The van der Waals surface area contributed by atoms with E-state index in [2.05, 4.69) is 61.9 Å². The van der Waals surface area contributed by atoms with Crippen LogP contribution in [0.3, 0.4) is 0 Å². The summed E-state index contributed by atoms with van der Waals surface area (Å²) in [5.41, 5.74) is 3.87. The van der Waals surface area contributed by atoms with Crippen molar-refractivity contribution >= 4 is 34.5 Å². The van der Waals surface area contributed by atoms with Crippen LogP contribution in [0.4, 0.5) is 48.3 Å². The number of hydrogen-bond donors (Lipinski definition) is 0. The Hall–Kier alpha value is -2.62. The molecular weight excluding hydrogens is 1300 g/mol. The minimum absolute atomic E-state index is 0. The van der Waals surface area contributed by atoms with Crippen molar-refractivity contribution in [2.75, 3.05) is 13.2 Å². The number of alkyl halides is 11. The van der Waals surface area contributed by atoms with Crippen LogP contribution in [0.25, 0.3) is 0 Å². The van der Waals surface area contributed by atoms with Gasteiger partial charge in [0.15, 0.2) is 16.6 Å². The summed E-state index contributed by atoms with van der Waals surface area (Å²) in [6, 6.07) is 0. The third kappa shape index (κ3) is 28.9. The molecule has 0 aromatic rings. The van der Waals surface area contributed by atoms with Crippen LogP contribution < -0.4 is 0 Å². The second kappa shape index (κ2) is 30.8. The molecule has 1 atom stereocenters. The van der Waals surface area contributed by atoms with Crippen LogP contribution in [0.15, 0.2) is 24.6 Å². The smallest absolute Gasteiger partial charge is 0.433 e. The van der Waals surface area contributed by atoms with Crippen LogP contribution in [0.5, 0.6) is 0 Å². The number of ether oxygens (including phenoxy) is 2. The van der Waals surface area contributed by atoms with Crippen molar-refractivity contribution in [3.63, 3.8) is 0 Å². The molecule has 0 aliphatic carbocycles. The molecule has 0 N–H and O–H groups in total. The van der Waals surface area contributed by atoms with Gasteiger partial charge in [-0.15, -0.1) is 13.2 Å². The molecule has 1 radical (unpaired) electrons. The fourth-order valence-electron chi connectivity index (χ4n) is 2.53. The quantitative estimate of drug-likeness (QED) is 0.0875. The van der Waals surface area contributed by atoms with Crippen molar-refractivity contribution in [3.05, 3.63) is 24.6 Å². The standard InChI is InChI=1S/C11H27O3Si4.C10H11F11O2.9CH4.2Rf/c1-10-16(4,5)12-15(3)13-18(8,9)14-17(6,7)11-2;1-2-3-4-22-5-6(11,8(14,15)16)23-10(20,21)7(12,13)9(17,18)19;;;;;;;;;;;/h10-11H,1-2H2,3-9H3;2-5H2,1H3;9*1H4;;. The molecular formula is C30H74F11O5Rf2Si4. The van der Waals surface area contributed by atoms with E-state index in [4.69, 9.17) is 12.3 Å². The van der Waals surface area contributed by atoms with Gasteiger partial charge in [0.2, 0.25) is 0 Å². The van der Waals surface area contributed by atoms with Gasteiger partial charge < -0.3 is 17.1 Å². The van der Waals surface area contributed by atoms with Crippen molar-refractivity contribution in [1.82, 2.24) is 0 Å². The average molecular weight is 1370 g/mol. The van der Waals surface area contributed by atoms with E-state index in [0.717, 1.165) is 0 Å². The summed E-state index contributed by atoms with van der Waals surface area (Å²) in [6.45, 7) is 21.0. The van der Waals surface area contributed by atoms with E-state index < -0.39 is 77.9 Å². The van der Waals surface area contributed by atoms with E-state index in [-0.39, 0.29) is 73.3 Å². The Balaban J connectivity index is -0.0000000446. The SMILES string of the molecule is C.C.C.C.C.C.C.C.C.C=C[Si](C)(C)O[Si](C)O[Si](C)(C)O[Si](C)(C)C=C.CCCCOCC(F)(OC(F)(F)C(F)(F)C(F)(F)F)C(F)(F)F.[Rf].[Rf]. The first-order chi connectivity index (χ1) is 17.9. The third-order valence-electron chi connectivity index (χ3n) is 4.65.